The van der Waals surface area contributed by atoms with E-state index in [4.69, 9.17) is 16.3 Å². The Labute approximate surface area is 209 Å². The Morgan fingerprint density at radius 3 is 2.42 bits per heavy atom. The molecule has 0 radical (unpaired) electrons. The summed E-state index contributed by atoms with van der Waals surface area (Å²) in [4.78, 5) is 24.6. The van der Waals surface area contributed by atoms with E-state index in [-0.39, 0.29) is 36.1 Å². The van der Waals surface area contributed by atoms with Crippen LogP contribution in [0.25, 0.3) is 22.8 Å². The summed E-state index contributed by atoms with van der Waals surface area (Å²) in [5, 5.41) is 12.8. The molecule has 0 aliphatic heterocycles. The fourth-order valence-electron chi connectivity index (χ4n) is 3.78. The third kappa shape index (κ3) is 5.09. The Bertz CT molecular complexity index is 1290. The Hall–Kier alpha value is -3.40. The molecule has 5 rings (SSSR count). The van der Waals surface area contributed by atoms with Crippen molar-refractivity contribution < 1.29 is 27.8 Å². The van der Waals surface area contributed by atoms with Crippen molar-refractivity contribution in [3.8, 4) is 34.5 Å². The van der Waals surface area contributed by atoms with Gasteiger partial charge in [0, 0.05) is 17.7 Å². The van der Waals surface area contributed by atoms with E-state index in [1.165, 1.54) is 18.9 Å². The van der Waals surface area contributed by atoms with Crippen molar-refractivity contribution in [1.29, 1.82) is 0 Å². The second kappa shape index (κ2) is 9.24. The monoisotopic (exact) mass is 518 g/mol. The van der Waals surface area contributed by atoms with E-state index < -0.39 is 23.5 Å². The zero-order valence-electron chi connectivity index (χ0n) is 19.0. The summed E-state index contributed by atoms with van der Waals surface area (Å²) in [5.41, 5.74) is -0.840. The van der Waals surface area contributed by atoms with Crippen LogP contribution in [0.3, 0.4) is 0 Å². The first kappa shape index (κ1) is 24.3. The van der Waals surface area contributed by atoms with Gasteiger partial charge < -0.3 is 15.2 Å². The van der Waals surface area contributed by atoms with Crippen LogP contribution in [0.2, 0.25) is 5.02 Å². The molecule has 7 nitrogen and oxygen atoms in total. The van der Waals surface area contributed by atoms with Crippen molar-refractivity contribution in [2.75, 3.05) is 6.61 Å². The molecule has 0 bridgehead atoms. The van der Waals surface area contributed by atoms with Gasteiger partial charge in [0.1, 0.15) is 11.2 Å². The first-order valence-electron chi connectivity index (χ1n) is 11.5. The molecule has 2 aromatic carbocycles. The number of alkyl halides is 3. The zero-order valence-corrected chi connectivity index (χ0v) is 19.7. The molecule has 3 aromatic rings. The van der Waals surface area contributed by atoms with Gasteiger partial charge in [0.25, 0.3) is 0 Å². The van der Waals surface area contributed by atoms with E-state index in [2.05, 4.69) is 20.3 Å². The van der Waals surface area contributed by atoms with Gasteiger partial charge >= 0.3 is 12.2 Å². The molecule has 0 saturated heterocycles. The van der Waals surface area contributed by atoms with Crippen molar-refractivity contribution in [3.05, 3.63) is 53.1 Å². The third-order valence-electron chi connectivity index (χ3n) is 6.37. The number of aromatic hydroxyl groups is 1. The van der Waals surface area contributed by atoms with Gasteiger partial charge in [0.15, 0.2) is 11.6 Å². The maximum Gasteiger partial charge on any atom is 0.403 e. The van der Waals surface area contributed by atoms with Crippen LogP contribution in [0.1, 0.15) is 31.2 Å². The largest absolute Gasteiger partial charge is 0.493 e. The molecule has 1 amide bonds. The quantitative estimate of drug-likeness (QED) is 0.419. The molecule has 0 unspecified atom stereocenters. The summed E-state index contributed by atoms with van der Waals surface area (Å²) in [6.45, 7) is 0.551. The van der Waals surface area contributed by atoms with E-state index in [0.717, 1.165) is 5.75 Å². The Morgan fingerprint density at radius 2 is 1.78 bits per heavy atom. The SMILES string of the molecule is O=C(NCc1ccc(Cl)c(-c2nc(O)nc(-c3ccc(OCC4CC4)cc3)n2)c1)C1(C(F)(F)F)CC1. The lowest BCUT2D eigenvalue weighted by molar-refractivity contribution is -0.192. The summed E-state index contributed by atoms with van der Waals surface area (Å²) in [7, 11) is 0. The van der Waals surface area contributed by atoms with E-state index in [1.54, 1.807) is 36.4 Å². The molecule has 188 valence electrons. The molecular weight excluding hydrogens is 497 g/mol. The van der Waals surface area contributed by atoms with Gasteiger partial charge in [-0.05, 0) is 73.6 Å². The van der Waals surface area contributed by atoms with Gasteiger partial charge in [-0.1, -0.05) is 17.7 Å². The van der Waals surface area contributed by atoms with E-state index in [9.17, 15) is 23.1 Å². The predicted octanol–water partition coefficient (Wildman–Crippen LogP) is 5.31. The maximum atomic E-state index is 13.2. The van der Waals surface area contributed by atoms with E-state index in [1.807, 2.05) is 0 Å². The number of nitrogens with zero attached hydrogens (tertiary/aromatic N) is 3. The average Bonchev–Trinajstić information content (AvgIpc) is 3.75. The highest BCUT2D eigenvalue weighted by Gasteiger charge is 2.68. The van der Waals surface area contributed by atoms with Gasteiger partial charge in [0.05, 0.1) is 11.6 Å². The maximum absolute atomic E-state index is 13.2. The van der Waals surface area contributed by atoms with Gasteiger partial charge in [0.2, 0.25) is 5.91 Å². The summed E-state index contributed by atoms with van der Waals surface area (Å²) < 4.78 is 45.3. The first-order valence-corrected chi connectivity index (χ1v) is 11.8. The van der Waals surface area contributed by atoms with E-state index in [0.29, 0.717) is 29.2 Å². The molecule has 11 heteroatoms. The number of benzene rings is 2. The van der Waals surface area contributed by atoms with Crippen molar-refractivity contribution in [2.45, 2.75) is 38.4 Å². The molecule has 2 aliphatic carbocycles. The Morgan fingerprint density at radius 1 is 1.08 bits per heavy atom. The molecule has 2 fully saturated rings. The van der Waals surface area contributed by atoms with Gasteiger partial charge in [-0.15, -0.1) is 0 Å². The molecule has 0 spiro atoms. The number of ether oxygens (including phenoxy) is 1. The van der Waals surface area contributed by atoms with Crippen LogP contribution in [0.5, 0.6) is 11.8 Å². The molecule has 36 heavy (non-hydrogen) atoms. The van der Waals surface area contributed by atoms with Crippen LogP contribution in [0.4, 0.5) is 13.2 Å². The molecule has 1 heterocycles. The number of amides is 1. The lowest BCUT2D eigenvalue weighted by Gasteiger charge is -2.18. The Kier molecular flexibility index (Phi) is 6.23. The minimum Gasteiger partial charge on any atom is -0.493 e. The first-order chi connectivity index (χ1) is 17.1. The number of hydrogen-bond acceptors (Lipinski definition) is 6. The lowest BCUT2D eigenvalue weighted by atomic mass is 10.1. The minimum absolute atomic E-state index is 0.0821. The topological polar surface area (TPSA) is 97.2 Å². The molecule has 2 saturated carbocycles. The number of carbonyl (C=O) groups excluding carboxylic acids is 1. The van der Waals surface area contributed by atoms with Crippen LogP contribution in [0.15, 0.2) is 42.5 Å². The van der Waals surface area contributed by atoms with Crippen LogP contribution in [0, 0.1) is 11.3 Å². The molecule has 2 N–H and O–H groups in total. The van der Waals surface area contributed by atoms with Crippen LogP contribution in [-0.2, 0) is 11.3 Å². The predicted molar refractivity (Wildman–Crippen MR) is 125 cm³/mol. The number of halogens is 4. The van der Waals surface area contributed by atoms with Crippen LogP contribution >= 0.6 is 11.6 Å². The fourth-order valence-corrected chi connectivity index (χ4v) is 3.98. The zero-order chi connectivity index (χ0) is 25.5. The summed E-state index contributed by atoms with van der Waals surface area (Å²) in [6, 6.07) is 11.3. The smallest absolute Gasteiger partial charge is 0.403 e. The third-order valence-corrected chi connectivity index (χ3v) is 6.70. The van der Waals surface area contributed by atoms with Gasteiger partial charge in [-0.3, -0.25) is 4.79 Å². The van der Waals surface area contributed by atoms with Gasteiger partial charge in [-0.2, -0.15) is 23.1 Å². The number of nitrogens with one attached hydrogen (secondary N) is 1. The molecule has 0 atom stereocenters. The van der Waals surface area contributed by atoms with Crippen molar-refractivity contribution in [3.63, 3.8) is 0 Å². The number of carbonyl (C=O) groups is 1. The molecular formula is C25H22ClF3N4O3. The fraction of sp³-hybridized carbons (Fsp3) is 0.360. The van der Waals surface area contributed by atoms with Crippen LogP contribution in [-0.4, -0.2) is 38.7 Å². The molecule has 2 aliphatic rings. The normalized spacial score (nSPS) is 16.4. The minimum atomic E-state index is -4.58. The lowest BCUT2D eigenvalue weighted by Crippen LogP contribution is -2.40. The molecule has 1 aromatic heterocycles. The number of hydrogen-bond donors (Lipinski definition) is 2. The highest BCUT2D eigenvalue weighted by Crippen LogP contribution is 2.57. The van der Waals surface area contributed by atoms with Crippen LogP contribution < -0.4 is 10.1 Å². The van der Waals surface area contributed by atoms with E-state index >= 15 is 0 Å². The number of aromatic nitrogens is 3. The summed E-state index contributed by atoms with van der Waals surface area (Å²) in [5.74, 6) is 0.596. The number of rotatable bonds is 8. The highest BCUT2D eigenvalue weighted by molar-refractivity contribution is 6.33. The summed E-state index contributed by atoms with van der Waals surface area (Å²) in [6.07, 6.45) is -2.63. The second-order valence-electron chi connectivity index (χ2n) is 9.14. The second-order valence-corrected chi connectivity index (χ2v) is 9.55. The highest BCUT2D eigenvalue weighted by atomic mass is 35.5. The Balaban J connectivity index is 1.34. The van der Waals surface area contributed by atoms with Crippen molar-refractivity contribution in [1.82, 2.24) is 20.3 Å². The standard InChI is InChI=1S/C25H22ClF3N4O3/c26-19-8-3-15(12-30-22(34)24(9-10-24)25(27,28)29)11-18(19)21-31-20(32-23(35)33-21)16-4-6-17(7-5-16)36-13-14-1-2-14/h3-8,11,14H,1-2,9-10,12-13H2,(H,30,34)(H,31,32,33,35). The van der Waals surface area contributed by atoms with Crippen molar-refractivity contribution >= 4 is 17.5 Å². The van der Waals surface area contributed by atoms with Crippen molar-refractivity contribution in [2.24, 2.45) is 11.3 Å². The van der Waals surface area contributed by atoms with Gasteiger partial charge in [-0.25, -0.2) is 4.98 Å². The average molecular weight is 519 g/mol. The summed E-state index contributed by atoms with van der Waals surface area (Å²) >= 11 is 6.34.